The smallest absolute Gasteiger partial charge is 0.252 e. The quantitative estimate of drug-likeness (QED) is 0.660. The fourth-order valence-corrected chi connectivity index (χ4v) is 2.11. The number of amides is 1. The monoisotopic (exact) mass is 258 g/mol. The van der Waals surface area contributed by atoms with Gasteiger partial charge in [-0.2, -0.15) is 0 Å². The summed E-state index contributed by atoms with van der Waals surface area (Å²) in [6.45, 7) is 7.00. The second kappa shape index (κ2) is 7.71. The van der Waals surface area contributed by atoms with Crippen LogP contribution in [-0.4, -0.2) is 51.0 Å². The molecule has 0 radical (unpaired) electrons. The van der Waals surface area contributed by atoms with Crippen molar-refractivity contribution in [3.63, 3.8) is 0 Å². The van der Waals surface area contributed by atoms with E-state index in [0.29, 0.717) is 13.2 Å². The number of carbonyl (C=O) groups excluding carboxylic acids is 1. The highest BCUT2D eigenvalue weighted by molar-refractivity contribution is 5.85. The minimum Gasteiger partial charge on any atom is -0.379 e. The first-order valence-corrected chi connectivity index (χ1v) is 6.76. The number of methoxy groups -OCH3 is 1. The Hall–Kier alpha value is -0.650. The SMILES string of the molecule is COC1(C(=O)NCCCOC(C)C)CCNCC1. The molecule has 0 atom stereocenters. The Bertz CT molecular complexity index is 251. The lowest BCUT2D eigenvalue weighted by molar-refractivity contribution is -0.146. The van der Waals surface area contributed by atoms with Gasteiger partial charge in [0.1, 0.15) is 5.60 Å². The molecule has 0 spiro atoms. The van der Waals surface area contributed by atoms with Gasteiger partial charge in [0.05, 0.1) is 6.10 Å². The molecule has 0 aromatic rings. The van der Waals surface area contributed by atoms with Crippen LogP contribution < -0.4 is 10.6 Å². The summed E-state index contributed by atoms with van der Waals surface area (Å²) in [6.07, 6.45) is 2.55. The molecule has 0 saturated carbocycles. The van der Waals surface area contributed by atoms with E-state index in [9.17, 15) is 4.79 Å². The standard InChI is InChI=1S/C13H26N2O3/c1-11(2)18-10-4-7-15-12(16)13(17-3)5-8-14-9-6-13/h11,14H,4-10H2,1-3H3,(H,15,16). The van der Waals surface area contributed by atoms with Crippen molar-refractivity contribution in [2.24, 2.45) is 0 Å². The maximum Gasteiger partial charge on any atom is 0.252 e. The van der Waals surface area contributed by atoms with Gasteiger partial charge in [-0.05, 0) is 46.2 Å². The van der Waals surface area contributed by atoms with Gasteiger partial charge < -0.3 is 20.1 Å². The van der Waals surface area contributed by atoms with Gasteiger partial charge in [-0.25, -0.2) is 0 Å². The lowest BCUT2D eigenvalue weighted by atomic mass is 9.91. The van der Waals surface area contributed by atoms with Gasteiger partial charge in [0, 0.05) is 20.3 Å². The van der Waals surface area contributed by atoms with Crippen molar-refractivity contribution in [1.82, 2.24) is 10.6 Å². The molecule has 1 aliphatic heterocycles. The second-order valence-electron chi connectivity index (χ2n) is 4.98. The van der Waals surface area contributed by atoms with E-state index >= 15 is 0 Å². The summed E-state index contributed by atoms with van der Waals surface area (Å²) in [6, 6.07) is 0. The Morgan fingerprint density at radius 1 is 1.39 bits per heavy atom. The molecule has 1 aliphatic rings. The molecule has 0 aromatic heterocycles. The first-order chi connectivity index (χ1) is 8.60. The van der Waals surface area contributed by atoms with Crippen LogP contribution in [-0.2, 0) is 14.3 Å². The van der Waals surface area contributed by atoms with Crippen LogP contribution in [0.15, 0.2) is 0 Å². The van der Waals surface area contributed by atoms with Crippen molar-refractivity contribution >= 4 is 5.91 Å². The van der Waals surface area contributed by atoms with Crippen LogP contribution in [0.5, 0.6) is 0 Å². The van der Waals surface area contributed by atoms with E-state index in [1.165, 1.54) is 0 Å². The fraction of sp³-hybridized carbons (Fsp3) is 0.923. The number of ether oxygens (including phenoxy) is 2. The number of nitrogens with one attached hydrogen (secondary N) is 2. The first-order valence-electron chi connectivity index (χ1n) is 6.76. The molecule has 1 rings (SSSR count). The van der Waals surface area contributed by atoms with E-state index in [2.05, 4.69) is 10.6 Å². The van der Waals surface area contributed by atoms with Crippen LogP contribution in [0.25, 0.3) is 0 Å². The van der Waals surface area contributed by atoms with Gasteiger partial charge in [-0.3, -0.25) is 4.79 Å². The zero-order chi connectivity index (χ0) is 13.4. The summed E-state index contributed by atoms with van der Waals surface area (Å²) in [5.74, 6) is 0.0102. The highest BCUT2D eigenvalue weighted by Crippen LogP contribution is 2.22. The molecule has 5 nitrogen and oxygen atoms in total. The van der Waals surface area contributed by atoms with Crippen molar-refractivity contribution in [3.05, 3.63) is 0 Å². The van der Waals surface area contributed by atoms with Crippen molar-refractivity contribution in [2.75, 3.05) is 33.4 Å². The van der Waals surface area contributed by atoms with Gasteiger partial charge in [0.2, 0.25) is 0 Å². The van der Waals surface area contributed by atoms with E-state index < -0.39 is 5.60 Å². The Morgan fingerprint density at radius 2 is 2.06 bits per heavy atom. The van der Waals surface area contributed by atoms with E-state index in [-0.39, 0.29) is 12.0 Å². The van der Waals surface area contributed by atoms with Crippen molar-refractivity contribution < 1.29 is 14.3 Å². The molecule has 1 saturated heterocycles. The molecule has 1 fully saturated rings. The Morgan fingerprint density at radius 3 is 2.61 bits per heavy atom. The molecular formula is C13H26N2O3. The normalized spacial score (nSPS) is 18.9. The number of piperidine rings is 1. The molecule has 0 unspecified atom stereocenters. The highest BCUT2D eigenvalue weighted by Gasteiger charge is 2.39. The molecule has 0 aliphatic carbocycles. The van der Waals surface area contributed by atoms with Crippen LogP contribution in [0, 0.1) is 0 Å². The predicted octanol–water partition coefficient (Wildman–Crippen LogP) is 0.686. The molecule has 5 heteroatoms. The number of carbonyl (C=O) groups is 1. The molecule has 2 N–H and O–H groups in total. The highest BCUT2D eigenvalue weighted by atomic mass is 16.5. The van der Waals surface area contributed by atoms with E-state index in [1.807, 2.05) is 13.8 Å². The average molecular weight is 258 g/mol. The Labute approximate surface area is 110 Å². The summed E-state index contributed by atoms with van der Waals surface area (Å²) in [5, 5.41) is 6.18. The van der Waals surface area contributed by atoms with Crippen molar-refractivity contribution in [2.45, 2.75) is 44.8 Å². The molecule has 0 aromatic carbocycles. The van der Waals surface area contributed by atoms with Gasteiger partial charge in [0.25, 0.3) is 5.91 Å². The summed E-state index contributed by atoms with van der Waals surface area (Å²) in [7, 11) is 1.62. The molecule has 1 heterocycles. The van der Waals surface area contributed by atoms with Crippen molar-refractivity contribution in [3.8, 4) is 0 Å². The lowest BCUT2D eigenvalue weighted by Crippen LogP contribution is -2.54. The van der Waals surface area contributed by atoms with Crippen LogP contribution in [0.2, 0.25) is 0 Å². The van der Waals surface area contributed by atoms with Crippen LogP contribution in [0.4, 0.5) is 0 Å². The maximum absolute atomic E-state index is 12.1. The minimum atomic E-state index is -0.635. The molecule has 1 amide bonds. The first kappa shape index (κ1) is 15.4. The number of rotatable bonds is 7. The van der Waals surface area contributed by atoms with Crippen molar-refractivity contribution in [1.29, 1.82) is 0 Å². The van der Waals surface area contributed by atoms with E-state index in [1.54, 1.807) is 7.11 Å². The number of hydrogen-bond donors (Lipinski definition) is 2. The predicted molar refractivity (Wildman–Crippen MR) is 70.6 cm³/mol. The third-order valence-electron chi connectivity index (χ3n) is 3.27. The zero-order valence-corrected chi connectivity index (χ0v) is 11.8. The van der Waals surface area contributed by atoms with Crippen LogP contribution in [0.3, 0.4) is 0 Å². The van der Waals surface area contributed by atoms with Crippen LogP contribution >= 0.6 is 0 Å². The Balaban J connectivity index is 2.25. The lowest BCUT2D eigenvalue weighted by Gasteiger charge is -2.34. The van der Waals surface area contributed by atoms with Gasteiger partial charge >= 0.3 is 0 Å². The number of hydrogen-bond acceptors (Lipinski definition) is 4. The topological polar surface area (TPSA) is 59.6 Å². The maximum atomic E-state index is 12.1. The largest absolute Gasteiger partial charge is 0.379 e. The molecule has 18 heavy (non-hydrogen) atoms. The van der Waals surface area contributed by atoms with Gasteiger partial charge in [0.15, 0.2) is 0 Å². The van der Waals surface area contributed by atoms with E-state index in [0.717, 1.165) is 32.4 Å². The molecule has 106 valence electrons. The zero-order valence-electron chi connectivity index (χ0n) is 11.8. The third kappa shape index (κ3) is 4.55. The summed E-state index contributed by atoms with van der Waals surface area (Å²) in [5.41, 5.74) is -0.635. The van der Waals surface area contributed by atoms with E-state index in [4.69, 9.17) is 9.47 Å². The average Bonchev–Trinajstić information content (AvgIpc) is 2.38. The summed E-state index contributed by atoms with van der Waals surface area (Å²) >= 11 is 0. The molecule has 0 bridgehead atoms. The third-order valence-corrected chi connectivity index (χ3v) is 3.27. The van der Waals surface area contributed by atoms with Gasteiger partial charge in [-0.15, -0.1) is 0 Å². The fourth-order valence-electron chi connectivity index (χ4n) is 2.11. The summed E-state index contributed by atoms with van der Waals surface area (Å²) < 4.78 is 10.9. The Kier molecular flexibility index (Phi) is 6.60. The second-order valence-corrected chi connectivity index (χ2v) is 4.98. The van der Waals surface area contributed by atoms with Crippen LogP contribution in [0.1, 0.15) is 33.1 Å². The summed E-state index contributed by atoms with van der Waals surface area (Å²) in [4.78, 5) is 12.1. The van der Waals surface area contributed by atoms with Gasteiger partial charge in [-0.1, -0.05) is 0 Å². The molecular weight excluding hydrogens is 232 g/mol. The minimum absolute atomic E-state index is 0.0102.